The number of aromatic nitrogens is 1. The largest absolute Gasteiger partial charge is 0.358 e. The molecular formula is C27H30N4O2. The van der Waals surface area contributed by atoms with Gasteiger partial charge in [-0.15, -0.1) is 0 Å². The van der Waals surface area contributed by atoms with E-state index >= 15 is 0 Å². The van der Waals surface area contributed by atoms with Gasteiger partial charge in [-0.2, -0.15) is 0 Å². The Hall–Kier alpha value is -3.51. The molecule has 2 N–H and O–H groups in total. The average molecular weight is 443 g/mol. The number of carbonyl (C=O) groups excluding carboxylic acids is 2. The number of piperidine rings is 1. The Balaban J connectivity index is 1.52. The van der Waals surface area contributed by atoms with Crippen molar-refractivity contribution in [1.82, 2.24) is 20.5 Å². The topological polar surface area (TPSA) is 74.3 Å². The van der Waals surface area contributed by atoms with Crippen LogP contribution in [0, 0.1) is 0 Å². The summed E-state index contributed by atoms with van der Waals surface area (Å²) in [6, 6.07) is 25.4. The summed E-state index contributed by atoms with van der Waals surface area (Å²) in [6.07, 6.45) is 3.24. The van der Waals surface area contributed by atoms with Gasteiger partial charge in [0.2, 0.25) is 11.8 Å². The zero-order chi connectivity index (χ0) is 23.1. The van der Waals surface area contributed by atoms with Crippen molar-refractivity contribution in [2.24, 2.45) is 0 Å². The zero-order valence-corrected chi connectivity index (χ0v) is 18.9. The number of hydrogen-bond donors (Lipinski definition) is 2. The summed E-state index contributed by atoms with van der Waals surface area (Å²) >= 11 is 0. The van der Waals surface area contributed by atoms with Crippen LogP contribution in [0.1, 0.15) is 35.7 Å². The molecule has 0 saturated carbocycles. The Bertz CT molecular complexity index is 1020. The van der Waals surface area contributed by atoms with E-state index in [0.29, 0.717) is 13.0 Å². The van der Waals surface area contributed by atoms with Crippen LogP contribution in [0.15, 0.2) is 85.1 Å². The van der Waals surface area contributed by atoms with Gasteiger partial charge in [-0.25, -0.2) is 0 Å². The number of nitrogens with zero attached hydrogens (tertiary/aromatic N) is 2. The SMILES string of the molecule is CNC(=O)[C@]1(c2ccccn2)CCCN(CC(=O)NC(c2ccccc2)c2ccccc2)C1. The molecule has 3 aromatic rings. The number of amides is 2. The first kappa shape index (κ1) is 22.7. The van der Waals surface area contributed by atoms with Crippen LogP contribution in [0.4, 0.5) is 0 Å². The summed E-state index contributed by atoms with van der Waals surface area (Å²) in [7, 11) is 1.66. The molecule has 0 radical (unpaired) electrons. The lowest BCUT2D eigenvalue weighted by atomic mass is 9.75. The third-order valence-electron chi connectivity index (χ3n) is 6.33. The van der Waals surface area contributed by atoms with Gasteiger partial charge in [0.1, 0.15) is 5.41 Å². The van der Waals surface area contributed by atoms with Gasteiger partial charge in [0.15, 0.2) is 0 Å². The van der Waals surface area contributed by atoms with E-state index in [1.165, 1.54) is 0 Å². The number of rotatable bonds is 7. The summed E-state index contributed by atoms with van der Waals surface area (Å²) in [4.78, 5) is 32.7. The third-order valence-corrected chi connectivity index (χ3v) is 6.33. The first-order chi connectivity index (χ1) is 16.1. The van der Waals surface area contributed by atoms with E-state index in [1.54, 1.807) is 13.2 Å². The minimum Gasteiger partial charge on any atom is -0.358 e. The number of benzene rings is 2. The van der Waals surface area contributed by atoms with Crippen molar-refractivity contribution in [2.45, 2.75) is 24.3 Å². The Labute approximate surface area is 195 Å². The number of likely N-dealkylation sites (tertiary alicyclic amines) is 1. The van der Waals surface area contributed by atoms with Gasteiger partial charge < -0.3 is 10.6 Å². The van der Waals surface area contributed by atoms with Gasteiger partial charge in [0.05, 0.1) is 18.3 Å². The van der Waals surface area contributed by atoms with Gasteiger partial charge in [0, 0.05) is 19.8 Å². The maximum atomic E-state index is 13.2. The fourth-order valence-corrected chi connectivity index (χ4v) is 4.73. The molecule has 2 amide bonds. The van der Waals surface area contributed by atoms with Crippen LogP contribution in [0.2, 0.25) is 0 Å². The Morgan fingerprint density at radius 3 is 2.18 bits per heavy atom. The minimum atomic E-state index is -0.757. The second kappa shape index (κ2) is 10.4. The second-order valence-electron chi connectivity index (χ2n) is 8.51. The van der Waals surface area contributed by atoms with Crippen LogP contribution in [0.3, 0.4) is 0 Å². The summed E-state index contributed by atoms with van der Waals surface area (Å²) in [5.41, 5.74) is 2.06. The highest BCUT2D eigenvalue weighted by Crippen LogP contribution is 2.33. The van der Waals surface area contributed by atoms with E-state index in [4.69, 9.17) is 0 Å². The van der Waals surface area contributed by atoms with Crippen LogP contribution < -0.4 is 10.6 Å². The molecule has 1 aliphatic heterocycles. The number of carbonyl (C=O) groups is 2. The molecule has 0 aliphatic carbocycles. The standard InChI is InChI=1S/C27H30N4O2/c1-28-26(33)27(23-15-8-9-17-29-23)16-10-18-31(20-27)19-24(32)30-25(21-11-4-2-5-12-21)22-13-6-3-7-14-22/h2-9,11-15,17,25H,10,16,18-20H2,1H3,(H,28,33)(H,30,32)/t27-/m1/s1. The maximum Gasteiger partial charge on any atom is 0.234 e. The van der Waals surface area contributed by atoms with E-state index in [9.17, 15) is 9.59 Å². The molecule has 0 unspecified atom stereocenters. The Morgan fingerprint density at radius 1 is 0.970 bits per heavy atom. The Kier molecular flexibility index (Phi) is 7.15. The predicted octanol–water partition coefficient (Wildman–Crippen LogP) is 3.07. The highest BCUT2D eigenvalue weighted by molar-refractivity contribution is 5.88. The van der Waals surface area contributed by atoms with Crippen molar-refractivity contribution in [3.63, 3.8) is 0 Å². The van der Waals surface area contributed by atoms with Crippen LogP contribution in [0.5, 0.6) is 0 Å². The van der Waals surface area contributed by atoms with Crippen LogP contribution in [-0.4, -0.2) is 48.4 Å². The summed E-state index contributed by atoms with van der Waals surface area (Å²) in [6.45, 7) is 1.44. The molecule has 1 saturated heterocycles. The van der Waals surface area contributed by atoms with Crippen molar-refractivity contribution < 1.29 is 9.59 Å². The van der Waals surface area contributed by atoms with Crippen molar-refractivity contribution in [3.8, 4) is 0 Å². The zero-order valence-electron chi connectivity index (χ0n) is 18.9. The van der Waals surface area contributed by atoms with E-state index < -0.39 is 5.41 Å². The summed E-state index contributed by atoms with van der Waals surface area (Å²) in [5, 5.41) is 6.03. The van der Waals surface area contributed by atoms with Gasteiger partial charge in [-0.1, -0.05) is 66.7 Å². The van der Waals surface area contributed by atoms with Gasteiger partial charge in [-0.3, -0.25) is 19.5 Å². The molecule has 2 aromatic carbocycles. The van der Waals surface area contributed by atoms with E-state index in [0.717, 1.165) is 29.8 Å². The molecular weight excluding hydrogens is 412 g/mol. The molecule has 1 fully saturated rings. The Morgan fingerprint density at radius 2 is 1.61 bits per heavy atom. The van der Waals surface area contributed by atoms with E-state index in [2.05, 4.69) is 20.5 Å². The molecule has 2 heterocycles. The number of nitrogens with one attached hydrogen (secondary N) is 2. The molecule has 0 spiro atoms. The van der Waals surface area contributed by atoms with Crippen LogP contribution >= 0.6 is 0 Å². The number of likely N-dealkylation sites (N-methyl/N-ethyl adjacent to an activating group) is 1. The van der Waals surface area contributed by atoms with Gasteiger partial charge in [0.25, 0.3) is 0 Å². The fraction of sp³-hybridized carbons (Fsp3) is 0.296. The molecule has 4 rings (SSSR count). The van der Waals surface area contributed by atoms with Crippen molar-refractivity contribution in [3.05, 3.63) is 102 Å². The third kappa shape index (κ3) is 5.12. The fourth-order valence-electron chi connectivity index (χ4n) is 4.73. The molecule has 1 aromatic heterocycles. The van der Waals surface area contributed by atoms with Crippen molar-refractivity contribution in [1.29, 1.82) is 0 Å². The predicted molar refractivity (Wildman–Crippen MR) is 129 cm³/mol. The average Bonchev–Trinajstić information content (AvgIpc) is 2.88. The van der Waals surface area contributed by atoms with Crippen LogP contribution in [0.25, 0.3) is 0 Å². The summed E-state index contributed by atoms with van der Waals surface area (Å²) in [5.74, 6) is -0.126. The van der Waals surface area contributed by atoms with Gasteiger partial charge in [-0.05, 0) is 42.6 Å². The maximum absolute atomic E-state index is 13.2. The molecule has 0 bridgehead atoms. The monoisotopic (exact) mass is 442 g/mol. The smallest absolute Gasteiger partial charge is 0.234 e. The minimum absolute atomic E-state index is 0.0576. The first-order valence-electron chi connectivity index (χ1n) is 11.4. The molecule has 33 heavy (non-hydrogen) atoms. The first-order valence-corrected chi connectivity index (χ1v) is 11.4. The lowest BCUT2D eigenvalue weighted by molar-refractivity contribution is -0.130. The number of hydrogen-bond acceptors (Lipinski definition) is 4. The molecule has 1 aliphatic rings. The highest BCUT2D eigenvalue weighted by Gasteiger charge is 2.44. The van der Waals surface area contributed by atoms with Crippen LogP contribution in [-0.2, 0) is 15.0 Å². The normalized spacial score (nSPS) is 18.6. The molecule has 6 nitrogen and oxygen atoms in total. The quantitative estimate of drug-likeness (QED) is 0.590. The molecule has 170 valence electrons. The summed E-state index contributed by atoms with van der Waals surface area (Å²) < 4.78 is 0. The lowest BCUT2D eigenvalue weighted by Crippen LogP contribution is -2.56. The lowest BCUT2D eigenvalue weighted by Gasteiger charge is -2.40. The van der Waals surface area contributed by atoms with E-state index in [1.807, 2.05) is 78.9 Å². The highest BCUT2D eigenvalue weighted by atomic mass is 16.2. The van der Waals surface area contributed by atoms with Crippen molar-refractivity contribution >= 4 is 11.8 Å². The van der Waals surface area contributed by atoms with Gasteiger partial charge >= 0.3 is 0 Å². The molecule has 6 heteroatoms. The second-order valence-corrected chi connectivity index (χ2v) is 8.51. The molecule has 1 atom stereocenters. The van der Waals surface area contributed by atoms with Crippen molar-refractivity contribution in [2.75, 3.05) is 26.7 Å². The van der Waals surface area contributed by atoms with E-state index in [-0.39, 0.29) is 24.4 Å². The number of pyridine rings is 1.